The van der Waals surface area contributed by atoms with Crippen molar-refractivity contribution < 1.29 is 9.59 Å². The molecule has 1 unspecified atom stereocenters. The lowest BCUT2D eigenvalue weighted by molar-refractivity contribution is -0.127. The first kappa shape index (κ1) is 22.6. The summed E-state index contributed by atoms with van der Waals surface area (Å²) in [6, 6.07) is 13.8. The Morgan fingerprint density at radius 3 is 2.62 bits per heavy atom. The number of imide groups is 1. The van der Waals surface area contributed by atoms with Gasteiger partial charge in [0.2, 0.25) is 5.91 Å². The number of amides is 2. The Morgan fingerprint density at radius 1 is 1.12 bits per heavy atom. The van der Waals surface area contributed by atoms with Gasteiger partial charge < -0.3 is 0 Å². The van der Waals surface area contributed by atoms with E-state index in [9.17, 15) is 14.4 Å². The van der Waals surface area contributed by atoms with E-state index in [1.54, 1.807) is 34.9 Å². The van der Waals surface area contributed by atoms with E-state index in [-0.39, 0.29) is 17.4 Å². The number of fused-ring (bicyclic) bond motifs is 1. The maximum Gasteiger partial charge on any atom is 0.262 e. The molecule has 0 spiro atoms. The van der Waals surface area contributed by atoms with Gasteiger partial charge >= 0.3 is 0 Å². The molecule has 1 aliphatic heterocycles. The summed E-state index contributed by atoms with van der Waals surface area (Å²) in [6.45, 7) is 2.90. The molecule has 0 bridgehead atoms. The Hall–Kier alpha value is -2.64. The van der Waals surface area contributed by atoms with Gasteiger partial charge in [-0.2, -0.15) is 0 Å². The molecule has 2 amide bonds. The van der Waals surface area contributed by atoms with Gasteiger partial charge in [0, 0.05) is 23.7 Å². The van der Waals surface area contributed by atoms with Crippen LogP contribution in [0.4, 0.5) is 0 Å². The molecule has 1 fully saturated rings. The van der Waals surface area contributed by atoms with E-state index in [0.717, 1.165) is 19.3 Å². The second-order valence-electron chi connectivity index (χ2n) is 7.77. The smallest absolute Gasteiger partial charge is 0.262 e. The first-order chi connectivity index (χ1) is 15.5. The zero-order valence-electron chi connectivity index (χ0n) is 17.8. The number of hydrogen-bond acceptors (Lipinski definition) is 5. The van der Waals surface area contributed by atoms with Crippen molar-refractivity contribution in [2.24, 2.45) is 0 Å². The van der Waals surface area contributed by atoms with Crippen LogP contribution in [0.25, 0.3) is 10.9 Å². The molecule has 0 saturated carbocycles. The van der Waals surface area contributed by atoms with Gasteiger partial charge in [0.05, 0.1) is 16.2 Å². The molecule has 6 nitrogen and oxygen atoms in total. The summed E-state index contributed by atoms with van der Waals surface area (Å²) in [6.07, 6.45) is 2.96. The lowest BCUT2D eigenvalue weighted by Crippen LogP contribution is -2.41. The number of carbonyl (C=O) groups is 2. The Morgan fingerprint density at radius 2 is 1.88 bits per heavy atom. The first-order valence-corrected chi connectivity index (χ1v) is 12.0. The molecule has 166 valence electrons. The van der Waals surface area contributed by atoms with Crippen LogP contribution in [0.5, 0.6) is 0 Å². The molecule has 0 aliphatic carbocycles. The molecule has 1 aromatic heterocycles. The zero-order valence-corrected chi connectivity index (χ0v) is 19.4. The molecule has 1 saturated heterocycles. The minimum Gasteiger partial charge on any atom is -0.287 e. The third-order valence-corrected chi connectivity index (χ3v) is 6.99. The highest BCUT2D eigenvalue weighted by Crippen LogP contribution is 2.30. The van der Waals surface area contributed by atoms with Crippen molar-refractivity contribution in [3.8, 4) is 0 Å². The SMILES string of the molecule is CCCn1c(SC2CCCCN(C(=O)c3ccc(Cl)cc3)C2=O)nc2ccccc2c1=O. The second-order valence-corrected chi connectivity index (χ2v) is 9.38. The van der Waals surface area contributed by atoms with Crippen molar-refractivity contribution in [3.63, 3.8) is 0 Å². The highest BCUT2D eigenvalue weighted by molar-refractivity contribution is 8.00. The molecular weight excluding hydrogens is 446 g/mol. The normalized spacial score (nSPS) is 16.9. The summed E-state index contributed by atoms with van der Waals surface area (Å²) < 4.78 is 1.65. The van der Waals surface area contributed by atoms with Gasteiger partial charge in [-0.05, 0) is 55.7 Å². The van der Waals surface area contributed by atoms with Gasteiger partial charge in [-0.1, -0.05) is 48.8 Å². The number of benzene rings is 2. The average Bonchev–Trinajstić information content (AvgIpc) is 2.98. The largest absolute Gasteiger partial charge is 0.287 e. The highest BCUT2D eigenvalue weighted by Gasteiger charge is 2.33. The van der Waals surface area contributed by atoms with Gasteiger partial charge in [0.15, 0.2) is 5.16 Å². The van der Waals surface area contributed by atoms with E-state index in [1.807, 2.05) is 25.1 Å². The van der Waals surface area contributed by atoms with Crippen molar-refractivity contribution in [3.05, 3.63) is 69.5 Å². The van der Waals surface area contributed by atoms with Crippen LogP contribution in [0, 0.1) is 0 Å². The molecule has 3 aromatic rings. The summed E-state index contributed by atoms with van der Waals surface area (Å²) in [5.74, 6) is -0.561. The number of nitrogens with zero attached hydrogens (tertiary/aromatic N) is 3. The van der Waals surface area contributed by atoms with Gasteiger partial charge in [-0.25, -0.2) is 4.98 Å². The standard InChI is InChI=1S/C24H24ClN3O3S/c1-2-14-28-22(30)18-7-3-4-8-19(18)26-24(28)32-20-9-5-6-15-27(23(20)31)21(29)16-10-12-17(25)13-11-16/h3-4,7-8,10-13,20H,2,5-6,9,14-15H2,1H3. The first-order valence-electron chi connectivity index (χ1n) is 10.8. The van der Waals surface area contributed by atoms with E-state index in [1.165, 1.54) is 16.7 Å². The number of rotatable bonds is 5. The van der Waals surface area contributed by atoms with E-state index in [4.69, 9.17) is 16.6 Å². The van der Waals surface area contributed by atoms with Crippen molar-refractivity contribution in [1.82, 2.24) is 14.5 Å². The molecule has 8 heteroatoms. The van der Waals surface area contributed by atoms with Crippen LogP contribution in [0.2, 0.25) is 5.02 Å². The summed E-state index contributed by atoms with van der Waals surface area (Å²) in [4.78, 5) is 45.5. The van der Waals surface area contributed by atoms with Gasteiger partial charge in [0.1, 0.15) is 0 Å². The minimum atomic E-state index is -0.482. The molecule has 0 N–H and O–H groups in total. The Bertz CT molecular complexity index is 1210. The van der Waals surface area contributed by atoms with Crippen molar-refractivity contribution >= 4 is 46.1 Å². The lowest BCUT2D eigenvalue weighted by Gasteiger charge is -2.23. The molecule has 32 heavy (non-hydrogen) atoms. The fourth-order valence-electron chi connectivity index (χ4n) is 3.85. The molecule has 2 aromatic carbocycles. The van der Waals surface area contributed by atoms with Crippen molar-refractivity contribution in [2.45, 2.75) is 49.6 Å². The third kappa shape index (κ3) is 4.59. The number of para-hydroxylation sites is 1. The monoisotopic (exact) mass is 469 g/mol. The molecule has 1 aliphatic rings. The predicted octanol–water partition coefficient (Wildman–Crippen LogP) is 4.77. The summed E-state index contributed by atoms with van der Waals surface area (Å²) in [5.41, 5.74) is 0.942. The van der Waals surface area contributed by atoms with E-state index < -0.39 is 5.25 Å². The van der Waals surface area contributed by atoms with Gasteiger partial charge in [0.25, 0.3) is 11.5 Å². The number of aromatic nitrogens is 2. The second kappa shape index (κ2) is 9.88. The number of hydrogen-bond donors (Lipinski definition) is 0. The summed E-state index contributed by atoms with van der Waals surface area (Å²) >= 11 is 7.22. The number of halogens is 1. The molecule has 2 heterocycles. The van der Waals surface area contributed by atoms with Crippen LogP contribution in [-0.4, -0.2) is 38.1 Å². The van der Waals surface area contributed by atoms with E-state index in [0.29, 0.717) is 46.2 Å². The predicted molar refractivity (Wildman–Crippen MR) is 127 cm³/mol. The topological polar surface area (TPSA) is 72.3 Å². The van der Waals surface area contributed by atoms with Crippen LogP contribution in [-0.2, 0) is 11.3 Å². The van der Waals surface area contributed by atoms with Crippen LogP contribution < -0.4 is 5.56 Å². The molecule has 4 rings (SSSR count). The lowest BCUT2D eigenvalue weighted by atomic mass is 10.2. The maximum atomic E-state index is 13.4. The number of carbonyl (C=O) groups excluding carboxylic acids is 2. The van der Waals surface area contributed by atoms with E-state index in [2.05, 4.69) is 0 Å². The zero-order chi connectivity index (χ0) is 22.7. The van der Waals surface area contributed by atoms with Crippen LogP contribution >= 0.6 is 23.4 Å². The Balaban J connectivity index is 1.66. The van der Waals surface area contributed by atoms with Crippen molar-refractivity contribution in [2.75, 3.05) is 6.54 Å². The van der Waals surface area contributed by atoms with Gasteiger partial charge in [-0.3, -0.25) is 23.9 Å². The van der Waals surface area contributed by atoms with E-state index >= 15 is 0 Å². The molecular formula is C24H24ClN3O3S. The molecule has 1 atom stereocenters. The number of thioether (sulfide) groups is 1. The van der Waals surface area contributed by atoms with Crippen molar-refractivity contribution in [1.29, 1.82) is 0 Å². The summed E-state index contributed by atoms with van der Waals surface area (Å²) in [5, 5.41) is 1.14. The van der Waals surface area contributed by atoms with Crippen LogP contribution in [0.1, 0.15) is 43.0 Å². The minimum absolute atomic E-state index is 0.102. The fourth-order valence-corrected chi connectivity index (χ4v) is 5.20. The fraction of sp³-hybridized carbons (Fsp3) is 0.333. The van der Waals surface area contributed by atoms with Gasteiger partial charge in [-0.15, -0.1) is 0 Å². The van der Waals surface area contributed by atoms with Crippen LogP contribution in [0.3, 0.4) is 0 Å². The highest BCUT2D eigenvalue weighted by atomic mass is 35.5. The third-order valence-electron chi connectivity index (χ3n) is 5.50. The summed E-state index contributed by atoms with van der Waals surface area (Å²) in [7, 11) is 0. The average molecular weight is 470 g/mol. The Kier molecular flexibility index (Phi) is 6.96. The quantitative estimate of drug-likeness (QED) is 0.397. The maximum absolute atomic E-state index is 13.4. The Labute approximate surface area is 195 Å². The van der Waals surface area contributed by atoms with Crippen LogP contribution in [0.15, 0.2) is 58.5 Å². The molecule has 0 radical (unpaired) electrons. The number of likely N-dealkylation sites (tertiary alicyclic amines) is 1.